The van der Waals surface area contributed by atoms with Crippen LogP contribution >= 0.6 is 11.8 Å². The van der Waals surface area contributed by atoms with Gasteiger partial charge in [-0.25, -0.2) is 0 Å². The van der Waals surface area contributed by atoms with Crippen LogP contribution in [0.1, 0.15) is 57.1 Å². The third-order valence-corrected chi connectivity index (χ3v) is 5.76. The van der Waals surface area contributed by atoms with E-state index in [-0.39, 0.29) is 0 Å². The number of aliphatic hydroxyl groups excluding tert-OH is 1. The predicted molar refractivity (Wildman–Crippen MR) is 87.0 cm³/mol. The van der Waals surface area contributed by atoms with Crippen molar-refractivity contribution in [3.63, 3.8) is 0 Å². The van der Waals surface area contributed by atoms with Gasteiger partial charge in [-0.1, -0.05) is 38.3 Å². The molecule has 0 heterocycles. The molecule has 0 saturated heterocycles. The Morgan fingerprint density at radius 2 is 2.05 bits per heavy atom. The molecule has 1 aromatic rings. The molecule has 1 aromatic carbocycles. The maximum atomic E-state index is 10.0. The number of rotatable bonds is 6. The van der Waals surface area contributed by atoms with Crippen molar-refractivity contribution in [2.24, 2.45) is 11.1 Å². The van der Waals surface area contributed by atoms with E-state index in [1.807, 2.05) is 23.9 Å². The van der Waals surface area contributed by atoms with Crippen LogP contribution in [0.15, 0.2) is 29.2 Å². The molecule has 3 N–H and O–H groups in total. The summed E-state index contributed by atoms with van der Waals surface area (Å²) >= 11 is 1.93. The lowest BCUT2D eigenvalue weighted by Gasteiger charge is -2.33. The molecule has 0 radical (unpaired) electrons. The summed E-state index contributed by atoms with van der Waals surface area (Å²) in [6.07, 6.45) is 7.09. The Morgan fingerprint density at radius 3 is 2.75 bits per heavy atom. The van der Waals surface area contributed by atoms with Crippen molar-refractivity contribution in [2.45, 2.75) is 56.4 Å². The highest BCUT2D eigenvalue weighted by atomic mass is 32.2. The molecule has 0 aromatic heterocycles. The van der Waals surface area contributed by atoms with Crippen molar-refractivity contribution in [1.29, 1.82) is 0 Å². The Labute approximate surface area is 127 Å². The monoisotopic (exact) mass is 293 g/mol. The van der Waals surface area contributed by atoms with Crippen molar-refractivity contribution >= 4 is 11.8 Å². The summed E-state index contributed by atoms with van der Waals surface area (Å²) in [5.74, 6) is 1.18. The first-order valence-electron chi connectivity index (χ1n) is 7.74. The summed E-state index contributed by atoms with van der Waals surface area (Å²) < 4.78 is 0. The summed E-state index contributed by atoms with van der Waals surface area (Å²) in [4.78, 5) is 1.27. The van der Waals surface area contributed by atoms with E-state index in [1.165, 1.54) is 42.8 Å². The summed E-state index contributed by atoms with van der Waals surface area (Å²) in [7, 11) is 0. The number of benzene rings is 1. The second-order valence-corrected chi connectivity index (χ2v) is 7.37. The number of thioether (sulfide) groups is 1. The Hall–Kier alpha value is -0.510. The molecule has 1 aliphatic rings. The largest absolute Gasteiger partial charge is 0.388 e. The van der Waals surface area contributed by atoms with E-state index in [0.29, 0.717) is 18.4 Å². The number of nitrogens with two attached hydrogens (primary N) is 1. The maximum absolute atomic E-state index is 10.0. The minimum Gasteiger partial charge on any atom is -0.388 e. The van der Waals surface area contributed by atoms with Gasteiger partial charge in [0.25, 0.3) is 0 Å². The smallest absolute Gasteiger partial charge is 0.0802 e. The number of aliphatic hydroxyl groups is 1. The molecule has 0 aliphatic heterocycles. The quantitative estimate of drug-likeness (QED) is 0.775. The van der Waals surface area contributed by atoms with Gasteiger partial charge in [0.05, 0.1) is 6.10 Å². The third-order valence-electron chi connectivity index (χ3n) is 4.33. The average molecular weight is 293 g/mol. The predicted octanol–water partition coefficient (Wildman–Crippen LogP) is 4.13. The molecular formula is C17H27NOS. The van der Waals surface area contributed by atoms with Crippen molar-refractivity contribution in [3.05, 3.63) is 29.8 Å². The normalized spacial score (nSPS) is 19.8. The molecule has 2 nitrogen and oxygen atoms in total. The van der Waals surface area contributed by atoms with Gasteiger partial charge in [0.15, 0.2) is 0 Å². The summed E-state index contributed by atoms with van der Waals surface area (Å²) in [6.45, 7) is 2.95. The zero-order valence-electron chi connectivity index (χ0n) is 12.5. The zero-order chi connectivity index (χ0) is 14.4. The topological polar surface area (TPSA) is 46.2 Å². The van der Waals surface area contributed by atoms with Gasteiger partial charge in [0.1, 0.15) is 0 Å². The molecule has 0 bridgehead atoms. The highest BCUT2D eigenvalue weighted by Crippen LogP contribution is 2.40. The molecule has 1 saturated carbocycles. The van der Waals surface area contributed by atoms with E-state index in [4.69, 9.17) is 5.73 Å². The fraction of sp³-hybridized carbons (Fsp3) is 0.647. The molecule has 20 heavy (non-hydrogen) atoms. The van der Waals surface area contributed by atoms with E-state index in [0.717, 1.165) is 5.56 Å². The molecule has 1 unspecified atom stereocenters. The lowest BCUT2D eigenvalue weighted by atomic mass is 9.77. The molecule has 2 rings (SSSR count). The maximum Gasteiger partial charge on any atom is 0.0802 e. The first kappa shape index (κ1) is 15.9. The second-order valence-electron chi connectivity index (χ2n) is 6.33. The van der Waals surface area contributed by atoms with Crippen LogP contribution < -0.4 is 5.73 Å². The van der Waals surface area contributed by atoms with Gasteiger partial charge in [0.2, 0.25) is 0 Å². The van der Waals surface area contributed by atoms with E-state index >= 15 is 0 Å². The van der Waals surface area contributed by atoms with Crippen molar-refractivity contribution in [2.75, 3.05) is 12.3 Å². The van der Waals surface area contributed by atoms with Gasteiger partial charge in [0, 0.05) is 10.6 Å². The fourth-order valence-corrected chi connectivity index (χ4v) is 4.14. The molecule has 112 valence electrons. The summed E-state index contributed by atoms with van der Waals surface area (Å²) in [5.41, 5.74) is 7.00. The van der Waals surface area contributed by atoms with Crippen LogP contribution in [0.3, 0.4) is 0 Å². The number of hydrogen-bond acceptors (Lipinski definition) is 3. The minimum atomic E-state index is -0.425. The third kappa shape index (κ3) is 4.51. The molecule has 1 fully saturated rings. The van der Waals surface area contributed by atoms with Crippen molar-refractivity contribution in [1.82, 2.24) is 0 Å². The fourth-order valence-electron chi connectivity index (χ4n) is 2.94. The van der Waals surface area contributed by atoms with Crippen LogP contribution in [0.2, 0.25) is 0 Å². The van der Waals surface area contributed by atoms with E-state index in [9.17, 15) is 5.11 Å². The van der Waals surface area contributed by atoms with Gasteiger partial charge in [-0.15, -0.1) is 11.8 Å². The highest BCUT2D eigenvalue weighted by molar-refractivity contribution is 7.99. The first-order valence-corrected chi connectivity index (χ1v) is 8.72. The molecule has 0 amide bonds. The molecule has 1 aliphatic carbocycles. The first-order chi connectivity index (χ1) is 9.63. The Morgan fingerprint density at radius 1 is 1.30 bits per heavy atom. The Balaban J connectivity index is 1.94. The van der Waals surface area contributed by atoms with Crippen molar-refractivity contribution in [3.8, 4) is 0 Å². The lowest BCUT2D eigenvalue weighted by molar-refractivity contribution is 0.170. The van der Waals surface area contributed by atoms with Gasteiger partial charge in [-0.3, -0.25) is 0 Å². The molecule has 3 heteroatoms. The van der Waals surface area contributed by atoms with E-state index in [2.05, 4.69) is 19.1 Å². The average Bonchev–Trinajstić information content (AvgIpc) is 2.47. The SMILES string of the molecule is CC1(CSc2cccc(C(O)CCN)c2)CCCCC1. The Bertz CT molecular complexity index is 415. The van der Waals surface area contributed by atoms with Crippen LogP contribution in [-0.2, 0) is 0 Å². The standard InChI is InChI=1S/C17H27NOS/c1-17(9-3-2-4-10-17)13-20-15-7-5-6-14(12-15)16(19)8-11-18/h5-7,12,16,19H,2-4,8-11,13,18H2,1H3. The molecule has 1 atom stereocenters. The van der Waals surface area contributed by atoms with Crippen molar-refractivity contribution < 1.29 is 5.11 Å². The van der Waals surface area contributed by atoms with Crippen LogP contribution in [0.25, 0.3) is 0 Å². The van der Waals surface area contributed by atoms with Crippen LogP contribution in [-0.4, -0.2) is 17.4 Å². The minimum absolute atomic E-state index is 0.425. The van der Waals surface area contributed by atoms with Gasteiger partial charge >= 0.3 is 0 Å². The van der Waals surface area contributed by atoms with E-state index < -0.39 is 6.10 Å². The van der Waals surface area contributed by atoms with E-state index in [1.54, 1.807) is 0 Å². The molecular weight excluding hydrogens is 266 g/mol. The highest BCUT2D eigenvalue weighted by Gasteiger charge is 2.26. The Kier molecular flexibility index (Phi) is 5.94. The number of hydrogen-bond donors (Lipinski definition) is 2. The lowest BCUT2D eigenvalue weighted by Crippen LogP contribution is -2.22. The summed E-state index contributed by atoms with van der Waals surface area (Å²) in [5, 5.41) is 10.0. The van der Waals surface area contributed by atoms with Crippen LogP contribution in [0, 0.1) is 5.41 Å². The summed E-state index contributed by atoms with van der Waals surface area (Å²) in [6, 6.07) is 8.31. The van der Waals surface area contributed by atoms with Gasteiger partial charge in [-0.2, -0.15) is 0 Å². The second kappa shape index (κ2) is 7.48. The van der Waals surface area contributed by atoms with Crippen LogP contribution in [0.4, 0.5) is 0 Å². The van der Waals surface area contributed by atoms with Gasteiger partial charge < -0.3 is 10.8 Å². The zero-order valence-corrected chi connectivity index (χ0v) is 13.3. The van der Waals surface area contributed by atoms with Gasteiger partial charge in [-0.05, 0) is 48.9 Å². The van der Waals surface area contributed by atoms with Crippen LogP contribution in [0.5, 0.6) is 0 Å². The molecule has 0 spiro atoms.